The minimum atomic E-state index is -2.75. The topological polar surface area (TPSA) is 21.3 Å². The fraction of sp³-hybridized carbons (Fsp3) is 0. The van der Waals surface area contributed by atoms with Crippen molar-refractivity contribution in [1.29, 1.82) is 0 Å². The molecule has 14 aromatic rings. The second-order valence-electron chi connectivity index (χ2n) is 19.2. The molecule has 0 atom stereocenters. The molecule has 0 aliphatic carbocycles. The highest BCUT2D eigenvalue weighted by molar-refractivity contribution is 7.19. The molecule has 0 spiro atoms. The van der Waals surface area contributed by atoms with Crippen molar-refractivity contribution >= 4 is 100 Å². The van der Waals surface area contributed by atoms with E-state index in [4.69, 9.17) is 4.42 Å². The molecule has 0 fully saturated rings. The van der Waals surface area contributed by atoms with Gasteiger partial charge < -0.3 is 13.9 Å². The van der Waals surface area contributed by atoms with Crippen LogP contribution in [0.5, 0.6) is 0 Å². The van der Waals surface area contributed by atoms with Crippen molar-refractivity contribution < 1.29 is 4.42 Å². The number of para-hydroxylation sites is 3. The van der Waals surface area contributed by atoms with E-state index >= 15 is 0 Å². The quantitative estimate of drug-likeness (QED) is 0.101. The normalized spacial score (nSPS) is 11.8. The molecule has 348 valence electrons. The first-order valence-electron chi connectivity index (χ1n) is 25.4. The predicted molar refractivity (Wildman–Crippen MR) is 315 cm³/mol. The molecule has 74 heavy (non-hydrogen) atoms. The molecular formula is C70H48N2OSi. The number of nitrogens with zero attached hydrogens (tertiary/aromatic N) is 2. The Morgan fingerprint density at radius 1 is 0.338 bits per heavy atom. The molecule has 0 saturated carbocycles. The zero-order valence-corrected chi connectivity index (χ0v) is 41.5. The van der Waals surface area contributed by atoms with Crippen LogP contribution in [0, 0.1) is 0 Å². The molecule has 0 radical (unpaired) electrons. The predicted octanol–water partition coefficient (Wildman–Crippen LogP) is 16.0. The molecule has 0 N–H and O–H groups in total. The Hall–Kier alpha value is -9.48. The third-order valence-electron chi connectivity index (χ3n) is 15.1. The summed E-state index contributed by atoms with van der Waals surface area (Å²) in [6.07, 6.45) is 0. The number of furan rings is 1. The maximum absolute atomic E-state index is 6.83. The van der Waals surface area contributed by atoms with E-state index in [9.17, 15) is 0 Å². The van der Waals surface area contributed by atoms with E-state index < -0.39 is 8.07 Å². The van der Waals surface area contributed by atoms with Gasteiger partial charge in [-0.1, -0.05) is 224 Å². The van der Waals surface area contributed by atoms with Crippen molar-refractivity contribution in [3.8, 4) is 27.9 Å². The summed E-state index contributed by atoms with van der Waals surface area (Å²) in [4.78, 5) is 2.40. The maximum atomic E-state index is 6.83. The van der Waals surface area contributed by atoms with Crippen LogP contribution >= 0.6 is 0 Å². The second-order valence-corrected chi connectivity index (χ2v) is 23.0. The van der Waals surface area contributed by atoms with Crippen LogP contribution in [0.2, 0.25) is 0 Å². The van der Waals surface area contributed by atoms with Gasteiger partial charge in [-0.2, -0.15) is 0 Å². The number of anilines is 3. The van der Waals surface area contributed by atoms with Crippen molar-refractivity contribution in [2.45, 2.75) is 0 Å². The van der Waals surface area contributed by atoms with Crippen molar-refractivity contribution in [3.63, 3.8) is 0 Å². The van der Waals surface area contributed by atoms with E-state index in [-0.39, 0.29) is 0 Å². The van der Waals surface area contributed by atoms with Gasteiger partial charge in [-0.25, -0.2) is 0 Å². The maximum Gasteiger partial charge on any atom is 0.179 e. The minimum Gasteiger partial charge on any atom is -0.454 e. The van der Waals surface area contributed by atoms with Crippen LogP contribution in [-0.4, -0.2) is 12.6 Å². The molecule has 0 bridgehead atoms. The molecule has 0 aliphatic heterocycles. The van der Waals surface area contributed by atoms with Crippen LogP contribution in [-0.2, 0) is 0 Å². The number of rotatable bonds is 10. The first-order chi connectivity index (χ1) is 36.7. The SMILES string of the molecule is c1ccc(-n2c3ccccc3c3c(-c4ccc(N(c5ccc(-c6cccc7ccccc67)cc5)c5ccc([Si](c6ccccc6)(c6ccccc6)c6ccccc6)cc5)cc4)cc4c5ccccc5oc4c32)cc1. The van der Waals surface area contributed by atoms with Gasteiger partial charge in [0.05, 0.1) is 11.0 Å². The van der Waals surface area contributed by atoms with Crippen LogP contribution in [0.4, 0.5) is 17.1 Å². The molecule has 12 aromatic carbocycles. The van der Waals surface area contributed by atoms with Gasteiger partial charge >= 0.3 is 0 Å². The number of hydrogen-bond acceptors (Lipinski definition) is 2. The third-order valence-corrected chi connectivity index (χ3v) is 19.9. The molecule has 2 aromatic heterocycles. The van der Waals surface area contributed by atoms with Crippen LogP contribution in [0.25, 0.3) is 82.5 Å². The monoisotopic (exact) mass is 960 g/mol. The molecule has 0 aliphatic rings. The van der Waals surface area contributed by atoms with Gasteiger partial charge in [0.2, 0.25) is 0 Å². The molecule has 2 heterocycles. The second kappa shape index (κ2) is 18.0. The summed E-state index contributed by atoms with van der Waals surface area (Å²) in [5.41, 5.74) is 13.0. The molecule has 0 unspecified atom stereocenters. The van der Waals surface area contributed by atoms with Crippen molar-refractivity contribution in [2.24, 2.45) is 0 Å². The van der Waals surface area contributed by atoms with E-state index in [1.165, 1.54) is 53.4 Å². The highest BCUT2D eigenvalue weighted by atomic mass is 28.3. The molecule has 0 amide bonds. The third kappa shape index (κ3) is 7.02. The van der Waals surface area contributed by atoms with Crippen LogP contribution in [0.1, 0.15) is 0 Å². The van der Waals surface area contributed by atoms with Crippen LogP contribution in [0.3, 0.4) is 0 Å². The van der Waals surface area contributed by atoms with E-state index in [0.29, 0.717) is 0 Å². The Morgan fingerprint density at radius 2 is 0.797 bits per heavy atom. The fourth-order valence-corrected chi connectivity index (χ4v) is 16.6. The summed E-state index contributed by atoms with van der Waals surface area (Å²) < 4.78 is 9.21. The zero-order chi connectivity index (χ0) is 49.0. The fourth-order valence-electron chi connectivity index (χ4n) is 11.8. The lowest BCUT2D eigenvalue weighted by atomic mass is 9.96. The zero-order valence-electron chi connectivity index (χ0n) is 40.5. The van der Waals surface area contributed by atoms with Gasteiger partial charge in [0.25, 0.3) is 0 Å². The average Bonchev–Trinajstić information content (AvgIpc) is 4.04. The van der Waals surface area contributed by atoms with Gasteiger partial charge in [-0.05, 0) is 121 Å². The number of fused-ring (bicyclic) bond motifs is 8. The standard InChI is InChI=1S/C70H48N2OSi/c1-5-22-52(23-6-1)72-66-34-17-15-32-63(66)68-64(48-65-62-31-16-18-35-67(62)73-70(65)69(68)72)51-38-42-54(43-39-51)71(53-40-36-50(37-41-53)61-33-19-21-49-20-13-14-30-60(49)61)55-44-46-59(47-45-55)74(56-24-7-2-8-25-56,57-26-9-3-10-27-57)58-28-11-4-12-29-58/h1-48H. The average molecular weight is 961 g/mol. The molecule has 0 saturated heterocycles. The van der Waals surface area contributed by atoms with E-state index in [2.05, 4.69) is 301 Å². The van der Waals surface area contributed by atoms with Crippen LogP contribution < -0.4 is 25.6 Å². The lowest BCUT2D eigenvalue weighted by Crippen LogP contribution is -2.74. The van der Waals surface area contributed by atoms with E-state index in [1.54, 1.807) is 0 Å². The van der Waals surface area contributed by atoms with Crippen molar-refractivity contribution in [1.82, 2.24) is 4.57 Å². The summed E-state index contributed by atoms with van der Waals surface area (Å²) in [5, 5.41) is 12.4. The Kier molecular flexibility index (Phi) is 10.5. The van der Waals surface area contributed by atoms with E-state index in [1.807, 2.05) is 0 Å². The Bertz CT molecular complexity index is 4220. The summed E-state index contributed by atoms with van der Waals surface area (Å²) in [5.74, 6) is 0. The van der Waals surface area contributed by atoms with Crippen molar-refractivity contribution in [2.75, 3.05) is 4.90 Å². The number of hydrogen-bond donors (Lipinski definition) is 0. The minimum absolute atomic E-state index is 0.880. The van der Waals surface area contributed by atoms with Crippen molar-refractivity contribution in [3.05, 3.63) is 291 Å². The Balaban J connectivity index is 0.951. The first kappa shape index (κ1) is 43.3. The van der Waals surface area contributed by atoms with E-state index in [0.717, 1.165) is 66.8 Å². The summed E-state index contributed by atoms with van der Waals surface area (Å²) >= 11 is 0. The van der Waals surface area contributed by atoms with Gasteiger partial charge in [0.15, 0.2) is 13.7 Å². The Morgan fingerprint density at radius 3 is 1.41 bits per heavy atom. The number of benzene rings is 12. The largest absolute Gasteiger partial charge is 0.454 e. The summed E-state index contributed by atoms with van der Waals surface area (Å²) in [6, 6.07) is 107. The lowest BCUT2D eigenvalue weighted by Gasteiger charge is -2.35. The highest BCUT2D eigenvalue weighted by Gasteiger charge is 2.41. The summed E-state index contributed by atoms with van der Waals surface area (Å²) in [6.45, 7) is 0. The Labute approximate surface area is 431 Å². The molecule has 3 nitrogen and oxygen atoms in total. The van der Waals surface area contributed by atoms with Gasteiger partial charge in [-0.3, -0.25) is 0 Å². The molecule has 4 heteroatoms. The number of aromatic nitrogens is 1. The summed E-state index contributed by atoms with van der Waals surface area (Å²) in [7, 11) is -2.75. The first-order valence-corrected chi connectivity index (χ1v) is 27.4. The highest BCUT2D eigenvalue weighted by Crippen LogP contribution is 2.46. The van der Waals surface area contributed by atoms with Gasteiger partial charge in [0.1, 0.15) is 5.58 Å². The molecular weight excluding hydrogens is 913 g/mol. The smallest absolute Gasteiger partial charge is 0.179 e. The van der Waals surface area contributed by atoms with Gasteiger partial charge in [0, 0.05) is 44.3 Å². The van der Waals surface area contributed by atoms with Crippen LogP contribution in [0.15, 0.2) is 296 Å². The lowest BCUT2D eigenvalue weighted by molar-refractivity contribution is 0.671. The van der Waals surface area contributed by atoms with Gasteiger partial charge in [-0.15, -0.1) is 0 Å². The molecule has 14 rings (SSSR count).